The van der Waals surface area contributed by atoms with Crippen LogP contribution in [0.4, 0.5) is 11.6 Å². The van der Waals surface area contributed by atoms with Crippen LogP contribution in [0.1, 0.15) is 38.2 Å². The average molecular weight is 264 g/mol. The molecule has 0 bridgehead atoms. The fraction of sp³-hybridized carbons (Fsp3) is 0.714. The molecule has 2 atom stereocenters. The first-order valence-corrected chi connectivity index (χ1v) is 6.98. The third-order valence-corrected chi connectivity index (χ3v) is 4.10. The van der Waals surface area contributed by atoms with E-state index in [1.807, 2.05) is 14.0 Å². The van der Waals surface area contributed by atoms with Crippen molar-refractivity contribution in [1.29, 1.82) is 0 Å². The standard InChI is InChI=1S/C14H24N4O/c1-10-5-4-6-14(7-10,8-19)18-13-11(2)12(15-3)16-9-17-13/h9-10,19H,4-8H2,1-3H3,(H2,15,16,17,18). The Bertz CT molecular complexity index is 437. The van der Waals surface area contributed by atoms with E-state index in [-0.39, 0.29) is 12.1 Å². The lowest BCUT2D eigenvalue weighted by molar-refractivity contribution is 0.149. The first-order valence-electron chi connectivity index (χ1n) is 6.98. The monoisotopic (exact) mass is 264 g/mol. The van der Waals surface area contributed by atoms with Crippen molar-refractivity contribution in [3.8, 4) is 0 Å². The van der Waals surface area contributed by atoms with Crippen molar-refractivity contribution in [2.45, 2.75) is 45.1 Å². The van der Waals surface area contributed by atoms with Gasteiger partial charge in [-0.3, -0.25) is 0 Å². The Labute approximate surface area is 114 Å². The van der Waals surface area contributed by atoms with Crippen LogP contribution in [0, 0.1) is 12.8 Å². The van der Waals surface area contributed by atoms with Crippen LogP contribution < -0.4 is 10.6 Å². The van der Waals surface area contributed by atoms with Gasteiger partial charge in [0, 0.05) is 12.6 Å². The van der Waals surface area contributed by atoms with Crippen LogP contribution in [0.2, 0.25) is 0 Å². The van der Waals surface area contributed by atoms with Crippen LogP contribution in [0.3, 0.4) is 0 Å². The minimum absolute atomic E-state index is 0.148. The van der Waals surface area contributed by atoms with Gasteiger partial charge >= 0.3 is 0 Å². The molecule has 1 saturated carbocycles. The highest BCUT2D eigenvalue weighted by molar-refractivity contribution is 5.57. The number of nitrogens with zero attached hydrogens (tertiary/aromatic N) is 2. The van der Waals surface area contributed by atoms with E-state index in [0.29, 0.717) is 5.92 Å². The summed E-state index contributed by atoms with van der Waals surface area (Å²) in [6.45, 7) is 4.39. The summed E-state index contributed by atoms with van der Waals surface area (Å²) in [5, 5.41) is 16.4. The van der Waals surface area contributed by atoms with E-state index >= 15 is 0 Å². The maximum atomic E-state index is 9.82. The van der Waals surface area contributed by atoms with Crippen LogP contribution in [-0.4, -0.2) is 34.3 Å². The molecule has 1 fully saturated rings. The summed E-state index contributed by atoms with van der Waals surface area (Å²) in [5.41, 5.74) is 0.762. The van der Waals surface area contributed by atoms with Crippen LogP contribution in [0.5, 0.6) is 0 Å². The van der Waals surface area contributed by atoms with Crippen molar-refractivity contribution in [3.05, 3.63) is 11.9 Å². The second kappa shape index (κ2) is 5.74. The van der Waals surface area contributed by atoms with E-state index in [1.165, 1.54) is 6.42 Å². The molecule has 5 nitrogen and oxygen atoms in total. The van der Waals surface area contributed by atoms with Gasteiger partial charge in [0.25, 0.3) is 0 Å². The first kappa shape index (κ1) is 14.1. The summed E-state index contributed by atoms with van der Waals surface area (Å²) in [6, 6.07) is 0. The molecule has 1 aliphatic carbocycles. The van der Waals surface area contributed by atoms with Crippen LogP contribution >= 0.6 is 0 Å². The molecule has 19 heavy (non-hydrogen) atoms. The second-order valence-corrected chi connectivity index (χ2v) is 5.71. The molecule has 1 heterocycles. The van der Waals surface area contributed by atoms with Crippen molar-refractivity contribution >= 4 is 11.6 Å². The lowest BCUT2D eigenvalue weighted by Gasteiger charge is -2.40. The van der Waals surface area contributed by atoms with E-state index < -0.39 is 0 Å². The molecule has 2 rings (SSSR count). The summed E-state index contributed by atoms with van der Waals surface area (Å²) in [6.07, 6.45) is 5.93. The second-order valence-electron chi connectivity index (χ2n) is 5.71. The van der Waals surface area contributed by atoms with Gasteiger partial charge < -0.3 is 15.7 Å². The minimum Gasteiger partial charge on any atom is -0.394 e. The third kappa shape index (κ3) is 2.97. The molecule has 106 valence electrons. The Morgan fingerprint density at radius 2 is 2.16 bits per heavy atom. The summed E-state index contributed by atoms with van der Waals surface area (Å²) >= 11 is 0. The van der Waals surface area contributed by atoms with E-state index in [2.05, 4.69) is 27.5 Å². The Balaban J connectivity index is 2.23. The van der Waals surface area contributed by atoms with E-state index in [1.54, 1.807) is 6.33 Å². The van der Waals surface area contributed by atoms with Gasteiger partial charge in [0.2, 0.25) is 0 Å². The number of aromatic nitrogens is 2. The van der Waals surface area contributed by atoms with Crippen LogP contribution in [0.15, 0.2) is 6.33 Å². The van der Waals surface area contributed by atoms with Crippen molar-refractivity contribution in [2.75, 3.05) is 24.3 Å². The molecule has 2 unspecified atom stereocenters. The quantitative estimate of drug-likeness (QED) is 0.777. The Morgan fingerprint density at radius 1 is 1.42 bits per heavy atom. The zero-order valence-corrected chi connectivity index (χ0v) is 12.0. The fourth-order valence-corrected chi connectivity index (χ4v) is 3.04. The summed E-state index contributed by atoms with van der Waals surface area (Å²) < 4.78 is 0. The molecule has 0 spiro atoms. The molecule has 1 aliphatic rings. The SMILES string of the molecule is CNc1ncnc(NC2(CO)CCCC(C)C2)c1C. The Hall–Kier alpha value is -1.36. The van der Waals surface area contributed by atoms with Crippen LogP contribution in [0.25, 0.3) is 0 Å². The third-order valence-electron chi connectivity index (χ3n) is 4.10. The molecule has 5 heteroatoms. The number of rotatable bonds is 4. The Morgan fingerprint density at radius 3 is 2.79 bits per heavy atom. The number of anilines is 2. The first-order chi connectivity index (χ1) is 9.10. The van der Waals surface area contributed by atoms with Gasteiger partial charge in [-0.2, -0.15) is 0 Å². The van der Waals surface area contributed by atoms with Gasteiger partial charge in [-0.15, -0.1) is 0 Å². The number of aliphatic hydroxyl groups excluding tert-OH is 1. The number of hydrogen-bond acceptors (Lipinski definition) is 5. The van der Waals surface area contributed by atoms with Gasteiger partial charge in [0.15, 0.2) is 0 Å². The van der Waals surface area contributed by atoms with Crippen LogP contribution in [-0.2, 0) is 0 Å². The maximum absolute atomic E-state index is 9.82. The highest BCUT2D eigenvalue weighted by Crippen LogP contribution is 2.35. The van der Waals surface area contributed by atoms with Crippen molar-refractivity contribution in [1.82, 2.24) is 9.97 Å². The van der Waals surface area contributed by atoms with Gasteiger partial charge in [0.1, 0.15) is 18.0 Å². The van der Waals surface area contributed by atoms with Crippen molar-refractivity contribution < 1.29 is 5.11 Å². The maximum Gasteiger partial charge on any atom is 0.134 e. The number of hydrogen-bond donors (Lipinski definition) is 3. The van der Waals surface area contributed by atoms with Gasteiger partial charge in [0.05, 0.1) is 12.1 Å². The molecular weight excluding hydrogens is 240 g/mol. The molecule has 0 amide bonds. The molecule has 0 aromatic carbocycles. The molecule has 0 radical (unpaired) electrons. The van der Waals surface area contributed by atoms with Gasteiger partial charge in [-0.25, -0.2) is 9.97 Å². The van der Waals surface area contributed by atoms with E-state index in [9.17, 15) is 5.11 Å². The normalized spacial score (nSPS) is 27.1. The van der Waals surface area contributed by atoms with Crippen molar-refractivity contribution in [3.63, 3.8) is 0 Å². The Kier molecular flexibility index (Phi) is 4.24. The predicted molar refractivity (Wildman–Crippen MR) is 77.4 cm³/mol. The lowest BCUT2D eigenvalue weighted by atomic mass is 9.77. The summed E-state index contributed by atoms with van der Waals surface area (Å²) in [7, 11) is 1.85. The molecular formula is C14H24N4O. The molecule has 3 N–H and O–H groups in total. The zero-order valence-electron chi connectivity index (χ0n) is 12.0. The lowest BCUT2D eigenvalue weighted by Crippen LogP contribution is -2.46. The molecule has 0 saturated heterocycles. The topological polar surface area (TPSA) is 70.1 Å². The largest absolute Gasteiger partial charge is 0.394 e. The highest BCUT2D eigenvalue weighted by atomic mass is 16.3. The summed E-state index contributed by atoms with van der Waals surface area (Å²) in [5.74, 6) is 2.29. The smallest absolute Gasteiger partial charge is 0.134 e. The van der Waals surface area contributed by atoms with Gasteiger partial charge in [-0.05, 0) is 25.7 Å². The van der Waals surface area contributed by atoms with E-state index in [4.69, 9.17) is 0 Å². The molecule has 1 aromatic rings. The molecule has 1 aromatic heterocycles. The molecule has 0 aliphatic heterocycles. The van der Waals surface area contributed by atoms with E-state index in [0.717, 1.165) is 36.5 Å². The average Bonchev–Trinajstić information content (AvgIpc) is 2.41. The fourth-order valence-electron chi connectivity index (χ4n) is 3.04. The predicted octanol–water partition coefficient (Wildman–Crippen LogP) is 2.18. The van der Waals surface area contributed by atoms with Gasteiger partial charge in [-0.1, -0.05) is 19.8 Å². The highest BCUT2D eigenvalue weighted by Gasteiger charge is 2.35. The zero-order chi connectivity index (χ0) is 13.9. The minimum atomic E-state index is -0.234. The van der Waals surface area contributed by atoms with Crippen molar-refractivity contribution in [2.24, 2.45) is 5.92 Å². The number of nitrogens with one attached hydrogen (secondary N) is 2. The number of aliphatic hydroxyl groups is 1. The summed E-state index contributed by atoms with van der Waals surface area (Å²) in [4.78, 5) is 8.51.